The molecule has 0 spiro atoms. The number of hydrogen-bond donors (Lipinski definition) is 2. The van der Waals surface area contributed by atoms with Gasteiger partial charge in [0.15, 0.2) is 0 Å². The summed E-state index contributed by atoms with van der Waals surface area (Å²) in [6.45, 7) is 3.44. The number of nitrogens with one attached hydrogen (secondary N) is 2. The lowest BCUT2D eigenvalue weighted by molar-refractivity contribution is -0.115. The lowest BCUT2D eigenvalue weighted by Gasteiger charge is -2.45. The van der Waals surface area contributed by atoms with Crippen molar-refractivity contribution in [2.45, 2.75) is 18.9 Å². The van der Waals surface area contributed by atoms with Crippen molar-refractivity contribution in [1.82, 2.24) is 20.5 Å². The third-order valence-electron chi connectivity index (χ3n) is 5.33. The van der Waals surface area contributed by atoms with Gasteiger partial charge in [-0.15, -0.1) is 11.3 Å². The summed E-state index contributed by atoms with van der Waals surface area (Å²) in [6, 6.07) is 6.37. The fraction of sp³-hybridized carbons (Fsp3) is 0.389. The highest BCUT2D eigenvalue weighted by Crippen LogP contribution is 2.27. The van der Waals surface area contributed by atoms with E-state index in [9.17, 15) is 4.79 Å². The van der Waals surface area contributed by atoms with Crippen LogP contribution in [0.2, 0.25) is 0 Å². The van der Waals surface area contributed by atoms with Gasteiger partial charge in [-0.05, 0) is 55.6 Å². The van der Waals surface area contributed by atoms with Crippen LogP contribution in [0.1, 0.15) is 18.4 Å². The third kappa shape index (κ3) is 2.83. The first-order chi connectivity index (χ1) is 12.2. The number of aromatic nitrogens is 1. The summed E-state index contributed by atoms with van der Waals surface area (Å²) >= 11 is 1.60. The van der Waals surface area contributed by atoms with E-state index in [0.717, 1.165) is 22.3 Å². The summed E-state index contributed by atoms with van der Waals surface area (Å²) in [5.74, 6) is 1.13. The SMILES string of the molecule is O=C1NC(N[C@@H]2CN3CCC2CC3)=N/C1=C\c1ccc2ncsc2c1. The van der Waals surface area contributed by atoms with Crippen LogP contribution in [0.4, 0.5) is 0 Å². The Labute approximate surface area is 149 Å². The van der Waals surface area contributed by atoms with Crippen LogP contribution in [0, 0.1) is 5.92 Å². The zero-order valence-electron chi connectivity index (χ0n) is 13.7. The van der Waals surface area contributed by atoms with Crippen molar-refractivity contribution >= 4 is 39.5 Å². The van der Waals surface area contributed by atoms with Crippen molar-refractivity contribution in [3.63, 3.8) is 0 Å². The van der Waals surface area contributed by atoms with Gasteiger partial charge in [-0.2, -0.15) is 0 Å². The molecule has 2 bridgehead atoms. The Morgan fingerprint density at radius 1 is 1.32 bits per heavy atom. The van der Waals surface area contributed by atoms with Crippen LogP contribution in [-0.4, -0.2) is 47.4 Å². The first-order valence-electron chi connectivity index (χ1n) is 8.68. The Morgan fingerprint density at radius 2 is 2.20 bits per heavy atom. The minimum atomic E-state index is -0.145. The highest BCUT2D eigenvalue weighted by molar-refractivity contribution is 7.16. The molecule has 1 aromatic carbocycles. The van der Waals surface area contributed by atoms with Crippen LogP contribution >= 0.6 is 11.3 Å². The molecule has 2 aromatic rings. The number of fused-ring (bicyclic) bond motifs is 4. The van der Waals surface area contributed by atoms with Gasteiger partial charge >= 0.3 is 0 Å². The van der Waals surface area contributed by atoms with Crippen LogP contribution in [0.15, 0.2) is 34.4 Å². The van der Waals surface area contributed by atoms with Crippen LogP contribution in [0.5, 0.6) is 0 Å². The molecule has 3 saturated heterocycles. The van der Waals surface area contributed by atoms with Crippen LogP contribution in [0.25, 0.3) is 16.3 Å². The molecule has 0 aliphatic carbocycles. The quantitative estimate of drug-likeness (QED) is 0.808. The molecule has 4 aliphatic rings. The van der Waals surface area contributed by atoms with E-state index < -0.39 is 0 Å². The predicted octanol–water partition coefficient (Wildman–Crippen LogP) is 1.81. The first-order valence-corrected chi connectivity index (χ1v) is 9.56. The molecule has 128 valence electrons. The third-order valence-corrected chi connectivity index (χ3v) is 6.13. The molecule has 6 nitrogen and oxygen atoms in total. The number of rotatable bonds is 2. The van der Waals surface area contributed by atoms with E-state index in [1.54, 1.807) is 11.3 Å². The van der Waals surface area contributed by atoms with Gasteiger partial charge in [0.2, 0.25) is 5.96 Å². The Balaban J connectivity index is 1.36. The standard InChI is InChI=1S/C18H19N5OS/c24-17-14(7-11-1-2-13-16(8-11)25-10-19-13)20-18(22-17)21-15-9-23-5-3-12(15)4-6-23/h1-2,7-8,10,12,15H,3-6,9H2,(H2,20,21,22,24)/b14-7-/t15-/m1/s1. The monoisotopic (exact) mass is 353 g/mol. The highest BCUT2D eigenvalue weighted by Gasteiger charge is 2.35. The molecular weight excluding hydrogens is 334 g/mol. The minimum absolute atomic E-state index is 0.145. The summed E-state index contributed by atoms with van der Waals surface area (Å²) in [6.07, 6.45) is 4.30. The molecule has 0 saturated carbocycles. The molecular formula is C18H19N5OS. The number of hydrogen-bond acceptors (Lipinski definition) is 6. The zero-order valence-corrected chi connectivity index (χ0v) is 14.6. The van der Waals surface area contributed by atoms with E-state index in [-0.39, 0.29) is 5.91 Å². The van der Waals surface area contributed by atoms with Crippen molar-refractivity contribution in [3.05, 3.63) is 35.0 Å². The van der Waals surface area contributed by atoms with E-state index in [1.165, 1.54) is 25.9 Å². The van der Waals surface area contributed by atoms with Crippen molar-refractivity contribution in [2.75, 3.05) is 19.6 Å². The largest absolute Gasteiger partial charge is 0.351 e. The first kappa shape index (κ1) is 15.0. The number of piperidine rings is 3. The highest BCUT2D eigenvalue weighted by atomic mass is 32.1. The summed E-state index contributed by atoms with van der Waals surface area (Å²) in [4.78, 5) is 23.5. The molecule has 1 amide bonds. The lowest BCUT2D eigenvalue weighted by Crippen LogP contribution is -2.58. The van der Waals surface area contributed by atoms with Crippen molar-refractivity contribution in [2.24, 2.45) is 10.9 Å². The Hall–Kier alpha value is -2.25. The number of benzene rings is 1. The van der Waals surface area contributed by atoms with E-state index in [4.69, 9.17) is 0 Å². The number of carbonyl (C=O) groups excluding carboxylic acids is 1. The van der Waals surface area contributed by atoms with Crippen molar-refractivity contribution in [3.8, 4) is 0 Å². The van der Waals surface area contributed by atoms with E-state index in [2.05, 4.69) is 25.5 Å². The fourth-order valence-electron chi connectivity index (χ4n) is 3.96. The molecule has 7 heteroatoms. The molecule has 1 atom stereocenters. The molecule has 1 aromatic heterocycles. The van der Waals surface area contributed by atoms with Gasteiger partial charge < -0.3 is 10.2 Å². The molecule has 0 radical (unpaired) electrons. The second kappa shape index (κ2) is 5.93. The Bertz CT molecular complexity index is 894. The summed E-state index contributed by atoms with van der Waals surface area (Å²) < 4.78 is 1.11. The van der Waals surface area contributed by atoms with Gasteiger partial charge in [-0.1, -0.05) is 6.07 Å². The molecule has 4 aliphatic heterocycles. The van der Waals surface area contributed by atoms with Gasteiger partial charge in [-0.25, -0.2) is 9.98 Å². The summed E-state index contributed by atoms with van der Waals surface area (Å²) in [5.41, 5.74) is 4.23. The van der Waals surface area contributed by atoms with Gasteiger partial charge in [0.1, 0.15) is 5.70 Å². The molecule has 3 fully saturated rings. The maximum absolute atomic E-state index is 12.3. The van der Waals surface area contributed by atoms with E-state index >= 15 is 0 Å². The number of amides is 1. The smallest absolute Gasteiger partial charge is 0.276 e. The van der Waals surface area contributed by atoms with Crippen LogP contribution < -0.4 is 10.6 Å². The zero-order chi connectivity index (χ0) is 16.8. The number of guanidine groups is 1. The van der Waals surface area contributed by atoms with Gasteiger partial charge in [0, 0.05) is 12.6 Å². The molecule has 2 N–H and O–H groups in total. The number of aliphatic imine (C=N–C) groups is 1. The maximum Gasteiger partial charge on any atom is 0.276 e. The number of thiazole rings is 1. The minimum Gasteiger partial charge on any atom is -0.351 e. The second-order valence-corrected chi connectivity index (χ2v) is 7.80. The fourth-order valence-corrected chi connectivity index (χ4v) is 4.69. The average Bonchev–Trinajstić information content (AvgIpc) is 3.22. The van der Waals surface area contributed by atoms with Gasteiger partial charge in [0.05, 0.1) is 15.7 Å². The van der Waals surface area contributed by atoms with E-state index in [1.807, 2.05) is 29.8 Å². The Kier molecular flexibility index (Phi) is 3.57. The number of nitrogens with zero attached hydrogens (tertiary/aromatic N) is 3. The Morgan fingerprint density at radius 3 is 3.00 bits per heavy atom. The van der Waals surface area contributed by atoms with Crippen molar-refractivity contribution in [1.29, 1.82) is 0 Å². The summed E-state index contributed by atoms with van der Waals surface area (Å²) in [7, 11) is 0. The van der Waals surface area contributed by atoms with Crippen LogP contribution in [-0.2, 0) is 4.79 Å². The van der Waals surface area contributed by atoms with Crippen molar-refractivity contribution < 1.29 is 4.79 Å². The normalized spacial score (nSPS) is 29.9. The molecule has 25 heavy (non-hydrogen) atoms. The second-order valence-electron chi connectivity index (χ2n) is 6.91. The molecule has 5 heterocycles. The van der Waals surface area contributed by atoms with Gasteiger partial charge in [-0.3, -0.25) is 10.1 Å². The number of carbonyl (C=O) groups is 1. The molecule has 0 unspecified atom stereocenters. The topological polar surface area (TPSA) is 69.6 Å². The summed E-state index contributed by atoms with van der Waals surface area (Å²) in [5, 5.41) is 6.32. The maximum atomic E-state index is 12.3. The lowest BCUT2D eigenvalue weighted by atomic mass is 9.84. The van der Waals surface area contributed by atoms with Gasteiger partial charge in [0.25, 0.3) is 5.91 Å². The van der Waals surface area contributed by atoms with Crippen LogP contribution in [0.3, 0.4) is 0 Å². The predicted molar refractivity (Wildman–Crippen MR) is 99.3 cm³/mol. The van der Waals surface area contributed by atoms with E-state index in [0.29, 0.717) is 23.6 Å². The average molecular weight is 353 g/mol. The molecule has 6 rings (SSSR count).